The number of ether oxygens (including phenoxy) is 1. The molecular formula is C15H24N2O. The lowest BCUT2D eigenvalue weighted by molar-refractivity contribution is 0.340. The maximum Gasteiger partial charge on any atom is 0.121 e. The molecule has 1 aliphatic heterocycles. The summed E-state index contributed by atoms with van der Waals surface area (Å²) in [6, 6.07) is 9.05. The van der Waals surface area contributed by atoms with Crippen molar-refractivity contribution in [2.24, 2.45) is 0 Å². The highest BCUT2D eigenvalue weighted by atomic mass is 16.5. The van der Waals surface area contributed by atoms with Crippen LogP contribution in [0.3, 0.4) is 0 Å². The van der Waals surface area contributed by atoms with Crippen molar-refractivity contribution in [1.29, 1.82) is 0 Å². The molecule has 0 aromatic heterocycles. The fourth-order valence-electron chi connectivity index (χ4n) is 2.44. The fourth-order valence-corrected chi connectivity index (χ4v) is 2.44. The largest absolute Gasteiger partial charge is 0.494 e. The van der Waals surface area contributed by atoms with Gasteiger partial charge in [0.2, 0.25) is 0 Å². The van der Waals surface area contributed by atoms with Crippen molar-refractivity contribution in [2.45, 2.75) is 32.7 Å². The van der Waals surface area contributed by atoms with Crippen LogP contribution in [0.1, 0.15) is 26.7 Å². The first kappa shape index (κ1) is 13.2. The summed E-state index contributed by atoms with van der Waals surface area (Å²) in [6.45, 7) is 8.33. The van der Waals surface area contributed by atoms with Gasteiger partial charge in [-0.3, -0.25) is 0 Å². The second-order valence-electron chi connectivity index (χ2n) is 4.79. The predicted octanol–water partition coefficient (Wildman–Crippen LogP) is 2.66. The summed E-state index contributed by atoms with van der Waals surface area (Å²) in [7, 11) is 0. The molecule has 1 aliphatic rings. The molecule has 0 amide bonds. The van der Waals surface area contributed by atoms with Crippen LogP contribution in [0.25, 0.3) is 0 Å². The van der Waals surface area contributed by atoms with E-state index in [1.807, 2.05) is 13.0 Å². The average Bonchev–Trinajstić information content (AvgIpc) is 2.65. The molecule has 3 nitrogen and oxygen atoms in total. The molecule has 1 aromatic rings. The number of hydrogen-bond donors (Lipinski definition) is 1. The molecule has 100 valence electrons. The Labute approximate surface area is 110 Å². The molecule has 1 fully saturated rings. The van der Waals surface area contributed by atoms with Gasteiger partial charge in [0.15, 0.2) is 0 Å². The van der Waals surface area contributed by atoms with E-state index in [1.54, 1.807) is 0 Å². The van der Waals surface area contributed by atoms with Crippen molar-refractivity contribution in [3.8, 4) is 5.75 Å². The summed E-state index contributed by atoms with van der Waals surface area (Å²) in [6.07, 6.45) is 2.39. The molecule has 1 saturated heterocycles. The van der Waals surface area contributed by atoms with Crippen molar-refractivity contribution in [2.75, 3.05) is 31.1 Å². The van der Waals surface area contributed by atoms with Crippen LogP contribution in [0.15, 0.2) is 24.3 Å². The Morgan fingerprint density at radius 2 is 2.28 bits per heavy atom. The molecule has 1 unspecified atom stereocenters. The standard InChI is InChI=1S/C15H24N2O/c1-3-13-12-17(10-6-9-16-13)14-7-5-8-15(11-14)18-4-2/h5,7-8,11,13,16H,3-4,6,9-10,12H2,1-2H3. The van der Waals surface area contributed by atoms with Gasteiger partial charge in [-0.25, -0.2) is 0 Å². The fraction of sp³-hybridized carbons (Fsp3) is 0.600. The van der Waals surface area contributed by atoms with Crippen LogP contribution >= 0.6 is 0 Å². The molecule has 2 rings (SSSR count). The maximum absolute atomic E-state index is 5.58. The van der Waals surface area contributed by atoms with Crippen molar-refractivity contribution in [3.63, 3.8) is 0 Å². The van der Waals surface area contributed by atoms with E-state index in [-0.39, 0.29) is 0 Å². The van der Waals surface area contributed by atoms with Crippen LogP contribution in [-0.2, 0) is 0 Å². The Hall–Kier alpha value is -1.22. The van der Waals surface area contributed by atoms with Crippen LogP contribution in [0.5, 0.6) is 5.75 Å². The Morgan fingerprint density at radius 3 is 3.06 bits per heavy atom. The normalized spacial score (nSPS) is 20.6. The van der Waals surface area contributed by atoms with E-state index >= 15 is 0 Å². The monoisotopic (exact) mass is 248 g/mol. The summed E-state index contributed by atoms with van der Waals surface area (Å²) in [4.78, 5) is 2.47. The van der Waals surface area contributed by atoms with Crippen LogP contribution in [0, 0.1) is 0 Å². The quantitative estimate of drug-likeness (QED) is 0.886. The van der Waals surface area contributed by atoms with Crippen molar-refractivity contribution in [1.82, 2.24) is 5.32 Å². The highest BCUT2D eigenvalue weighted by molar-refractivity contribution is 5.51. The zero-order valence-electron chi connectivity index (χ0n) is 11.5. The number of nitrogens with zero attached hydrogens (tertiary/aromatic N) is 1. The minimum Gasteiger partial charge on any atom is -0.494 e. The molecule has 1 aromatic carbocycles. The van der Waals surface area contributed by atoms with E-state index in [2.05, 4.69) is 35.3 Å². The molecule has 1 atom stereocenters. The van der Waals surface area contributed by atoms with Crippen molar-refractivity contribution in [3.05, 3.63) is 24.3 Å². The molecule has 1 N–H and O–H groups in total. The molecule has 18 heavy (non-hydrogen) atoms. The van der Waals surface area contributed by atoms with E-state index in [9.17, 15) is 0 Å². The third-order valence-electron chi connectivity index (χ3n) is 3.47. The van der Waals surface area contributed by atoms with Crippen LogP contribution in [0.4, 0.5) is 5.69 Å². The third kappa shape index (κ3) is 3.39. The number of benzene rings is 1. The first-order chi connectivity index (χ1) is 8.83. The first-order valence-corrected chi connectivity index (χ1v) is 7.04. The molecule has 0 radical (unpaired) electrons. The summed E-state index contributed by atoms with van der Waals surface area (Å²) in [5.74, 6) is 0.972. The number of rotatable bonds is 4. The Kier molecular flexibility index (Phi) is 4.88. The lowest BCUT2D eigenvalue weighted by atomic mass is 10.2. The van der Waals surface area contributed by atoms with Crippen LogP contribution in [0.2, 0.25) is 0 Å². The third-order valence-corrected chi connectivity index (χ3v) is 3.47. The maximum atomic E-state index is 5.58. The molecule has 0 spiro atoms. The second-order valence-corrected chi connectivity index (χ2v) is 4.79. The van der Waals surface area contributed by atoms with Crippen LogP contribution in [-0.4, -0.2) is 32.3 Å². The average molecular weight is 248 g/mol. The molecule has 1 heterocycles. The Balaban J connectivity index is 2.10. The SMILES string of the molecule is CCOc1cccc(N2CCCNC(CC)C2)c1. The topological polar surface area (TPSA) is 24.5 Å². The molecular weight excluding hydrogens is 224 g/mol. The van der Waals surface area contributed by atoms with Gasteiger partial charge in [-0.05, 0) is 38.4 Å². The first-order valence-electron chi connectivity index (χ1n) is 7.04. The summed E-state index contributed by atoms with van der Waals surface area (Å²) >= 11 is 0. The van der Waals surface area contributed by atoms with E-state index < -0.39 is 0 Å². The minimum atomic E-state index is 0.600. The summed E-state index contributed by atoms with van der Waals surface area (Å²) < 4.78 is 5.58. The van der Waals surface area contributed by atoms with Gasteiger partial charge >= 0.3 is 0 Å². The van der Waals surface area contributed by atoms with Crippen LogP contribution < -0.4 is 15.0 Å². The van der Waals surface area contributed by atoms with E-state index in [4.69, 9.17) is 4.74 Å². The van der Waals surface area contributed by atoms with Gasteiger partial charge in [0, 0.05) is 30.9 Å². The zero-order valence-corrected chi connectivity index (χ0v) is 11.5. The van der Waals surface area contributed by atoms with Gasteiger partial charge in [-0.2, -0.15) is 0 Å². The molecule has 0 bridgehead atoms. The smallest absolute Gasteiger partial charge is 0.121 e. The molecule has 0 saturated carbocycles. The van der Waals surface area contributed by atoms with Gasteiger partial charge in [0.1, 0.15) is 5.75 Å². The van der Waals surface area contributed by atoms with Crippen molar-refractivity contribution >= 4 is 5.69 Å². The highest BCUT2D eigenvalue weighted by Crippen LogP contribution is 2.22. The lowest BCUT2D eigenvalue weighted by Crippen LogP contribution is -2.37. The summed E-state index contributed by atoms with van der Waals surface area (Å²) in [5.41, 5.74) is 1.28. The number of nitrogens with one attached hydrogen (secondary N) is 1. The highest BCUT2D eigenvalue weighted by Gasteiger charge is 2.16. The second kappa shape index (κ2) is 6.64. The van der Waals surface area contributed by atoms with E-state index in [0.29, 0.717) is 6.04 Å². The van der Waals surface area contributed by atoms with Gasteiger partial charge in [0.05, 0.1) is 6.61 Å². The van der Waals surface area contributed by atoms with Gasteiger partial charge < -0.3 is 15.0 Å². The van der Waals surface area contributed by atoms with Gasteiger partial charge in [0.25, 0.3) is 0 Å². The number of hydrogen-bond acceptors (Lipinski definition) is 3. The summed E-state index contributed by atoms with van der Waals surface area (Å²) in [5, 5.41) is 3.60. The Bertz CT molecular complexity index is 367. The molecule has 0 aliphatic carbocycles. The predicted molar refractivity (Wildman–Crippen MR) is 76.5 cm³/mol. The number of anilines is 1. The Morgan fingerprint density at radius 1 is 1.39 bits per heavy atom. The zero-order chi connectivity index (χ0) is 12.8. The van der Waals surface area contributed by atoms with Crippen molar-refractivity contribution < 1.29 is 4.74 Å². The van der Waals surface area contributed by atoms with E-state index in [1.165, 1.54) is 18.5 Å². The molecule has 3 heteroatoms. The van der Waals surface area contributed by atoms with E-state index in [0.717, 1.165) is 32.0 Å². The minimum absolute atomic E-state index is 0.600. The lowest BCUT2D eigenvalue weighted by Gasteiger charge is -2.26. The van der Waals surface area contributed by atoms with Gasteiger partial charge in [-0.1, -0.05) is 13.0 Å². The van der Waals surface area contributed by atoms with Gasteiger partial charge in [-0.15, -0.1) is 0 Å².